The van der Waals surface area contributed by atoms with Crippen molar-refractivity contribution in [1.29, 1.82) is 0 Å². The molecule has 2 heterocycles. The number of hydrogen-bond acceptors (Lipinski definition) is 5. The third-order valence-corrected chi connectivity index (χ3v) is 4.10. The number of nitrogens with one attached hydrogen (secondary N) is 2. The Hall–Kier alpha value is -1.28. The van der Waals surface area contributed by atoms with Gasteiger partial charge in [-0.05, 0) is 26.0 Å². The van der Waals surface area contributed by atoms with Crippen LogP contribution in [0, 0.1) is 0 Å². The summed E-state index contributed by atoms with van der Waals surface area (Å²) in [5.74, 6) is -0.00296. The molecular formula is C14H20ClN5OS. The lowest BCUT2D eigenvalue weighted by Crippen LogP contribution is -2.55. The van der Waals surface area contributed by atoms with Crippen LogP contribution in [0.3, 0.4) is 0 Å². The Morgan fingerprint density at radius 3 is 2.82 bits per heavy atom. The molecule has 1 saturated heterocycles. The van der Waals surface area contributed by atoms with Gasteiger partial charge < -0.3 is 10.6 Å². The Bertz CT molecular complexity index is 622. The van der Waals surface area contributed by atoms with Gasteiger partial charge in [0.05, 0.1) is 23.6 Å². The number of carbonyl (C=O) groups excluding carboxylic acids is 1. The van der Waals surface area contributed by atoms with Crippen molar-refractivity contribution in [1.82, 2.24) is 10.2 Å². The maximum absolute atomic E-state index is 12.2. The van der Waals surface area contributed by atoms with Crippen LogP contribution in [-0.2, 0) is 16.1 Å². The van der Waals surface area contributed by atoms with Crippen molar-refractivity contribution in [3.63, 3.8) is 0 Å². The summed E-state index contributed by atoms with van der Waals surface area (Å²) in [7, 11) is 0. The summed E-state index contributed by atoms with van der Waals surface area (Å²) in [4.78, 5) is 14.4. The normalized spacial score (nSPS) is 23.4. The quantitative estimate of drug-likeness (QED) is 0.901. The number of amides is 1. The minimum absolute atomic E-state index is 0. The Kier molecular flexibility index (Phi) is 5.69. The van der Waals surface area contributed by atoms with Crippen molar-refractivity contribution in [2.75, 3.05) is 25.0 Å². The van der Waals surface area contributed by atoms with Crippen LogP contribution in [0.15, 0.2) is 26.9 Å². The summed E-state index contributed by atoms with van der Waals surface area (Å²) < 4.78 is 8.42. The monoisotopic (exact) mass is 341 g/mol. The number of carbonyl (C=O) groups is 1. The van der Waals surface area contributed by atoms with E-state index >= 15 is 0 Å². The van der Waals surface area contributed by atoms with E-state index in [1.165, 1.54) is 0 Å². The first-order chi connectivity index (χ1) is 10.1. The second-order valence-corrected chi connectivity index (χ2v) is 6.18. The van der Waals surface area contributed by atoms with Crippen LogP contribution in [0.1, 0.15) is 13.8 Å². The van der Waals surface area contributed by atoms with Gasteiger partial charge in [0, 0.05) is 25.2 Å². The van der Waals surface area contributed by atoms with Crippen LogP contribution in [-0.4, -0.2) is 42.5 Å². The minimum atomic E-state index is -0.00296. The molecule has 120 valence electrons. The molecule has 1 fully saturated rings. The number of hydrogen-bond donors (Lipinski definition) is 2. The minimum Gasteiger partial charge on any atom is -0.323 e. The maximum atomic E-state index is 12.2. The van der Waals surface area contributed by atoms with E-state index in [9.17, 15) is 4.79 Å². The molecule has 2 aliphatic heterocycles. The molecule has 2 unspecified atom stereocenters. The highest BCUT2D eigenvalue weighted by Crippen LogP contribution is 2.38. The summed E-state index contributed by atoms with van der Waals surface area (Å²) >= 11 is 1.16. The molecule has 1 aromatic carbocycles. The average molecular weight is 342 g/mol. The fourth-order valence-corrected chi connectivity index (χ4v) is 3.42. The highest BCUT2D eigenvalue weighted by molar-refractivity contribution is 7.58. The van der Waals surface area contributed by atoms with E-state index < -0.39 is 0 Å². The molecule has 2 atom stereocenters. The van der Waals surface area contributed by atoms with Gasteiger partial charge in [0.1, 0.15) is 11.4 Å². The van der Waals surface area contributed by atoms with E-state index in [4.69, 9.17) is 0 Å². The molecule has 0 spiro atoms. The summed E-state index contributed by atoms with van der Waals surface area (Å²) in [6, 6.07) is 6.47. The van der Waals surface area contributed by atoms with Gasteiger partial charge in [0.2, 0.25) is 5.91 Å². The van der Waals surface area contributed by atoms with Crippen LogP contribution in [0.4, 0.5) is 17.1 Å². The number of nitrogens with zero attached hydrogens (tertiary/aromatic N) is 3. The fraction of sp³-hybridized carbons (Fsp3) is 0.500. The third kappa shape index (κ3) is 3.92. The second-order valence-electron chi connectivity index (χ2n) is 5.65. The molecule has 1 aromatic rings. The molecule has 6 nitrogen and oxygen atoms in total. The van der Waals surface area contributed by atoms with E-state index in [2.05, 4.69) is 38.1 Å². The number of fused-ring (bicyclic) bond motifs is 1. The highest BCUT2D eigenvalue weighted by Gasteiger charge is 2.23. The van der Waals surface area contributed by atoms with Gasteiger partial charge in [-0.25, -0.2) is 0 Å². The van der Waals surface area contributed by atoms with E-state index in [0.717, 1.165) is 41.5 Å². The molecule has 0 aromatic heterocycles. The zero-order chi connectivity index (χ0) is 14.8. The Morgan fingerprint density at radius 2 is 2.09 bits per heavy atom. The van der Waals surface area contributed by atoms with E-state index in [-0.39, 0.29) is 18.3 Å². The van der Waals surface area contributed by atoms with Gasteiger partial charge in [0.25, 0.3) is 0 Å². The molecule has 0 saturated carbocycles. The van der Waals surface area contributed by atoms with E-state index in [0.29, 0.717) is 18.6 Å². The van der Waals surface area contributed by atoms with Crippen molar-refractivity contribution in [3.8, 4) is 0 Å². The Balaban J connectivity index is 0.00000176. The molecule has 3 rings (SSSR count). The average Bonchev–Trinajstić information content (AvgIpc) is 2.86. The first kappa shape index (κ1) is 17.1. The number of anilines is 1. The standard InChI is InChI=1S/C14H19N5OS.ClH/c1-9-6-19(7-10(2)15-9)8-13(20)16-11-4-3-5-12-14(11)18-21-17-12;/h3-5,9-10,15H,6-8H2,1-2H3,(H,16,20);1H. The van der Waals surface area contributed by atoms with Gasteiger partial charge >= 0.3 is 0 Å². The molecule has 0 radical (unpaired) electrons. The Labute approximate surface area is 140 Å². The van der Waals surface area contributed by atoms with Gasteiger partial charge in [-0.15, -0.1) is 12.4 Å². The summed E-state index contributed by atoms with van der Waals surface area (Å²) in [5, 5.41) is 6.41. The van der Waals surface area contributed by atoms with Crippen molar-refractivity contribution in [2.24, 2.45) is 8.73 Å². The number of halogens is 1. The number of rotatable bonds is 3. The zero-order valence-corrected chi connectivity index (χ0v) is 14.2. The van der Waals surface area contributed by atoms with Crippen LogP contribution < -0.4 is 10.6 Å². The number of piperazine rings is 1. The lowest BCUT2D eigenvalue weighted by Gasteiger charge is -2.35. The Morgan fingerprint density at radius 1 is 1.36 bits per heavy atom. The van der Waals surface area contributed by atoms with Crippen molar-refractivity contribution in [3.05, 3.63) is 18.2 Å². The lowest BCUT2D eigenvalue weighted by molar-refractivity contribution is -0.117. The summed E-state index contributed by atoms with van der Waals surface area (Å²) in [6.45, 7) is 6.47. The zero-order valence-electron chi connectivity index (χ0n) is 12.6. The summed E-state index contributed by atoms with van der Waals surface area (Å²) in [5.41, 5.74) is 2.32. The molecule has 0 aliphatic carbocycles. The first-order valence-electron chi connectivity index (χ1n) is 7.11. The first-order valence-corrected chi connectivity index (χ1v) is 7.84. The lowest BCUT2D eigenvalue weighted by atomic mass is 10.1. The molecule has 2 aliphatic rings. The van der Waals surface area contributed by atoms with Crippen LogP contribution >= 0.6 is 12.4 Å². The van der Waals surface area contributed by atoms with Crippen molar-refractivity contribution in [2.45, 2.75) is 25.9 Å². The smallest absolute Gasteiger partial charge is 0.238 e. The van der Waals surface area contributed by atoms with Crippen LogP contribution in [0.2, 0.25) is 0 Å². The molecule has 8 heteroatoms. The molecule has 22 heavy (non-hydrogen) atoms. The van der Waals surface area contributed by atoms with Gasteiger partial charge in [-0.3, -0.25) is 9.69 Å². The molecular weight excluding hydrogens is 322 g/mol. The topological polar surface area (TPSA) is 69.1 Å². The van der Waals surface area contributed by atoms with Gasteiger partial charge in [0.15, 0.2) is 0 Å². The largest absolute Gasteiger partial charge is 0.323 e. The van der Waals surface area contributed by atoms with Gasteiger partial charge in [-0.1, -0.05) is 6.07 Å². The SMILES string of the molecule is CC1CN(CC(=O)Nc2cccc3c2N=S=N3)CC(C)N1.Cl. The van der Waals surface area contributed by atoms with Crippen LogP contribution in [0.5, 0.6) is 0 Å². The maximum Gasteiger partial charge on any atom is 0.238 e. The third-order valence-electron chi connectivity index (χ3n) is 3.56. The molecule has 1 amide bonds. The molecule has 2 N–H and O–H groups in total. The van der Waals surface area contributed by atoms with E-state index in [1.807, 2.05) is 18.2 Å². The fourth-order valence-electron chi connectivity index (χ4n) is 2.87. The highest BCUT2D eigenvalue weighted by atomic mass is 35.5. The van der Waals surface area contributed by atoms with Crippen molar-refractivity contribution < 1.29 is 4.79 Å². The van der Waals surface area contributed by atoms with E-state index in [1.54, 1.807) is 0 Å². The van der Waals surface area contributed by atoms with Gasteiger partial charge in [-0.2, -0.15) is 8.73 Å². The van der Waals surface area contributed by atoms with Crippen LogP contribution in [0.25, 0.3) is 0 Å². The van der Waals surface area contributed by atoms with Crippen molar-refractivity contribution >= 4 is 46.7 Å². The predicted molar refractivity (Wildman–Crippen MR) is 92.4 cm³/mol. The summed E-state index contributed by atoms with van der Waals surface area (Å²) in [6.07, 6.45) is 0. The second kappa shape index (κ2) is 7.32. The predicted octanol–water partition coefficient (Wildman–Crippen LogP) is 2.46. The molecule has 0 bridgehead atoms. The number of benzene rings is 1.